The van der Waals surface area contributed by atoms with Crippen LogP contribution in [-0.4, -0.2) is 65.9 Å². The van der Waals surface area contributed by atoms with E-state index in [0.717, 1.165) is 51.4 Å². The number of anilines is 1. The zero-order valence-electron chi connectivity index (χ0n) is 12.8. The molecule has 1 fully saturated rings. The monoisotopic (exact) mass is 357 g/mol. The Morgan fingerprint density at radius 2 is 2.00 bits per heavy atom. The van der Waals surface area contributed by atoms with Gasteiger partial charge >= 0.3 is 0 Å². The van der Waals surface area contributed by atoms with Crippen LogP contribution < -0.4 is 10.9 Å². The first-order valence-electron chi connectivity index (χ1n) is 7.52. The molecule has 0 amide bonds. The average molecular weight is 358 g/mol. The summed E-state index contributed by atoms with van der Waals surface area (Å²) in [5.74, 6) is 0. The van der Waals surface area contributed by atoms with Crippen LogP contribution in [-0.2, 0) is 6.54 Å². The van der Waals surface area contributed by atoms with E-state index in [-0.39, 0.29) is 5.56 Å². The van der Waals surface area contributed by atoms with Crippen LogP contribution >= 0.6 is 15.9 Å². The summed E-state index contributed by atoms with van der Waals surface area (Å²) >= 11 is 3.38. The minimum absolute atomic E-state index is 0.0681. The molecular weight excluding hydrogens is 334 g/mol. The number of halogens is 1. The molecule has 118 valence electrons. The number of rotatable bonds is 6. The van der Waals surface area contributed by atoms with E-state index in [2.05, 4.69) is 43.2 Å². The van der Waals surface area contributed by atoms with Gasteiger partial charge in [0.2, 0.25) is 0 Å². The number of hydrogen-bond donors (Lipinski definition) is 1. The van der Waals surface area contributed by atoms with Gasteiger partial charge in [-0.05, 0) is 29.4 Å². The summed E-state index contributed by atoms with van der Waals surface area (Å²) in [6.45, 7) is 8.95. The van der Waals surface area contributed by atoms with E-state index in [9.17, 15) is 4.79 Å². The molecule has 6 nitrogen and oxygen atoms in total. The lowest BCUT2D eigenvalue weighted by molar-refractivity contribution is 0.158. The van der Waals surface area contributed by atoms with Crippen molar-refractivity contribution >= 4 is 21.6 Å². The molecule has 1 aliphatic heterocycles. The van der Waals surface area contributed by atoms with Crippen LogP contribution in [0.5, 0.6) is 0 Å². The Kier molecular flexibility index (Phi) is 6.20. The minimum atomic E-state index is -0.0681. The quantitative estimate of drug-likeness (QED) is 0.825. The minimum Gasteiger partial charge on any atom is -0.381 e. The Morgan fingerprint density at radius 3 is 2.67 bits per heavy atom. The highest BCUT2D eigenvalue weighted by Crippen LogP contribution is 2.15. The first-order valence-corrected chi connectivity index (χ1v) is 8.31. The molecule has 1 N–H and O–H groups in total. The number of nitrogens with zero attached hydrogens (tertiary/aromatic N) is 4. The average Bonchev–Trinajstić information content (AvgIpc) is 2.48. The predicted molar refractivity (Wildman–Crippen MR) is 88.9 cm³/mol. The van der Waals surface area contributed by atoms with Crippen molar-refractivity contribution < 1.29 is 0 Å². The molecule has 0 saturated carbocycles. The Bertz CT molecular complexity index is 511. The van der Waals surface area contributed by atoms with E-state index in [4.69, 9.17) is 0 Å². The van der Waals surface area contributed by atoms with E-state index in [1.54, 1.807) is 6.20 Å². The van der Waals surface area contributed by atoms with Gasteiger partial charge in [0.1, 0.15) is 4.47 Å². The van der Waals surface area contributed by atoms with Gasteiger partial charge in [-0.25, -0.2) is 4.68 Å². The van der Waals surface area contributed by atoms with Gasteiger partial charge in [-0.3, -0.25) is 9.69 Å². The molecule has 2 heterocycles. The predicted octanol–water partition coefficient (Wildman–Crippen LogP) is 1.08. The second kappa shape index (κ2) is 7.91. The maximum absolute atomic E-state index is 12.1. The van der Waals surface area contributed by atoms with Crippen molar-refractivity contribution in [1.82, 2.24) is 19.6 Å². The summed E-state index contributed by atoms with van der Waals surface area (Å²) in [6.07, 6.45) is 2.63. The third-order valence-electron chi connectivity index (χ3n) is 3.76. The first kappa shape index (κ1) is 16.5. The fourth-order valence-electron chi connectivity index (χ4n) is 2.38. The first-order chi connectivity index (χ1) is 10.1. The molecule has 21 heavy (non-hydrogen) atoms. The maximum atomic E-state index is 12.1. The van der Waals surface area contributed by atoms with E-state index in [1.165, 1.54) is 4.68 Å². The van der Waals surface area contributed by atoms with E-state index in [1.807, 2.05) is 6.92 Å². The van der Waals surface area contributed by atoms with Crippen molar-refractivity contribution in [3.8, 4) is 0 Å². The van der Waals surface area contributed by atoms with Crippen LogP contribution in [0.2, 0.25) is 0 Å². The van der Waals surface area contributed by atoms with Gasteiger partial charge in [0.15, 0.2) is 0 Å². The van der Waals surface area contributed by atoms with Crippen LogP contribution in [0.1, 0.15) is 13.3 Å². The third-order valence-corrected chi connectivity index (χ3v) is 4.53. The molecule has 1 aromatic rings. The second-order valence-corrected chi connectivity index (χ2v) is 6.27. The van der Waals surface area contributed by atoms with Crippen LogP contribution in [0.4, 0.5) is 5.69 Å². The number of piperazine rings is 1. The Hall–Kier alpha value is -0.920. The number of aryl methyl sites for hydroxylation is 1. The molecule has 0 bridgehead atoms. The van der Waals surface area contributed by atoms with Crippen LogP contribution in [0, 0.1) is 0 Å². The maximum Gasteiger partial charge on any atom is 0.283 e. The molecule has 0 unspecified atom stereocenters. The van der Waals surface area contributed by atoms with Gasteiger partial charge in [-0.15, -0.1) is 0 Å². The molecule has 0 aliphatic carbocycles. The molecule has 1 saturated heterocycles. The standard InChI is InChI=1S/C14H24BrN5O/c1-3-5-20-14(21)13(15)12(11-17-20)16-4-6-19-9-7-18(2)8-10-19/h11,16H,3-10H2,1-2H3. The number of nitrogens with one attached hydrogen (secondary N) is 1. The van der Waals surface area contributed by atoms with E-state index >= 15 is 0 Å². The largest absolute Gasteiger partial charge is 0.381 e. The molecule has 0 radical (unpaired) electrons. The lowest BCUT2D eigenvalue weighted by Crippen LogP contribution is -2.45. The highest BCUT2D eigenvalue weighted by atomic mass is 79.9. The van der Waals surface area contributed by atoms with Gasteiger partial charge in [0.05, 0.1) is 11.9 Å². The summed E-state index contributed by atoms with van der Waals surface area (Å²) in [4.78, 5) is 16.9. The highest BCUT2D eigenvalue weighted by molar-refractivity contribution is 9.10. The van der Waals surface area contributed by atoms with Crippen molar-refractivity contribution in [3.05, 3.63) is 21.0 Å². The number of aromatic nitrogens is 2. The third kappa shape index (κ3) is 4.52. The van der Waals surface area contributed by atoms with E-state index in [0.29, 0.717) is 11.0 Å². The summed E-state index contributed by atoms with van der Waals surface area (Å²) in [5.41, 5.74) is 0.711. The molecule has 2 rings (SSSR count). The molecule has 1 aromatic heterocycles. The summed E-state index contributed by atoms with van der Waals surface area (Å²) in [6, 6.07) is 0. The van der Waals surface area contributed by atoms with Crippen LogP contribution in [0.25, 0.3) is 0 Å². The smallest absolute Gasteiger partial charge is 0.283 e. The topological polar surface area (TPSA) is 53.4 Å². The molecule has 0 aromatic carbocycles. The van der Waals surface area contributed by atoms with E-state index < -0.39 is 0 Å². The molecule has 0 atom stereocenters. The summed E-state index contributed by atoms with van der Waals surface area (Å²) in [7, 11) is 2.16. The Morgan fingerprint density at radius 1 is 1.29 bits per heavy atom. The number of likely N-dealkylation sites (N-methyl/N-ethyl adjacent to an activating group) is 1. The zero-order valence-corrected chi connectivity index (χ0v) is 14.4. The van der Waals surface area contributed by atoms with Gasteiger partial charge in [0.25, 0.3) is 5.56 Å². The molecule has 0 spiro atoms. The van der Waals surface area contributed by atoms with Crippen molar-refractivity contribution in [3.63, 3.8) is 0 Å². The Balaban J connectivity index is 1.86. The Labute approximate surface area is 134 Å². The van der Waals surface area contributed by atoms with Crippen molar-refractivity contribution in [2.24, 2.45) is 0 Å². The van der Waals surface area contributed by atoms with Crippen molar-refractivity contribution in [2.45, 2.75) is 19.9 Å². The lowest BCUT2D eigenvalue weighted by Gasteiger charge is -2.32. The van der Waals surface area contributed by atoms with Gasteiger partial charge in [-0.1, -0.05) is 6.92 Å². The SMILES string of the molecule is CCCn1ncc(NCCN2CCN(C)CC2)c(Br)c1=O. The molecule has 1 aliphatic rings. The second-order valence-electron chi connectivity index (χ2n) is 5.47. The highest BCUT2D eigenvalue weighted by Gasteiger charge is 2.13. The van der Waals surface area contributed by atoms with Gasteiger partial charge in [-0.2, -0.15) is 5.10 Å². The summed E-state index contributed by atoms with van der Waals surface area (Å²) in [5, 5.41) is 7.50. The van der Waals surface area contributed by atoms with Crippen LogP contribution in [0.15, 0.2) is 15.5 Å². The molecular formula is C14H24BrN5O. The summed E-state index contributed by atoms with van der Waals surface area (Å²) < 4.78 is 2.07. The van der Waals surface area contributed by atoms with Gasteiger partial charge < -0.3 is 10.2 Å². The lowest BCUT2D eigenvalue weighted by atomic mass is 10.3. The van der Waals surface area contributed by atoms with Crippen molar-refractivity contribution in [2.75, 3.05) is 51.6 Å². The molecule has 7 heteroatoms. The fourth-order valence-corrected chi connectivity index (χ4v) is 2.83. The van der Waals surface area contributed by atoms with Crippen LogP contribution in [0.3, 0.4) is 0 Å². The fraction of sp³-hybridized carbons (Fsp3) is 0.714. The van der Waals surface area contributed by atoms with Gasteiger partial charge in [0, 0.05) is 45.8 Å². The zero-order chi connectivity index (χ0) is 15.2. The van der Waals surface area contributed by atoms with Crippen molar-refractivity contribution in [1.29, 1.82) is 0 Å². The normalized spacial score (nSPS) is 17.1. The number of hydrogen-bond acceptors (Lipinski definition) is 5.